The summed E-state index contributed by atoms with van der Waals surface area (Å²) < 4.78 is 15.2. The van der Waals surface area contributed by atoms with Crippen molar-refractivity contribution in [2.75, 3.05) is 21.3 Å². The molecule has 1 aromatic rings. The Morgan fingerprint density at radius 3 is 2.54 bits per heavy atom. The Morgan fingerprint density at radius 2 is 2.00 bits per heavy atom. The van der Waals surface area contributed by atoms with Crippen LogP contribution >= 0.6 is 0 Å². The predicted molar refractivity (Wildman–Crippen MR) is 46.4 cm³/mol. The van der Waals surface area contributed by atoms with Crippen LogP contribution in [0, 0.1) is 6.20 Å². The van der Waals surface area contributed by atoms with Crippen LogP contribution in [0.3, 0.4) is 0 Å². The SMILES string of the molecule is COc1[c]nccc1C(OC)OC. The third-order valence-electron chi connectivity index (χ3n) is 1.64. The summed E-state index contributed by atoms with van der Waals surface area (Å²) in [5.74, 6) is 0.538. The molecule has 1 aromatic heterocycles. The van der Waals surface area contributed by atoms with Gasteiger partial charge in [-0.25, -0.2) is 0 Å². The van der Waals surface area contributed by atoms with Crippen molar-refractivity contribution in [1.29, 1.82) is 0 Å². The van der Waals surface area contributed by atoms with E-state index in [4.69, 9.17) is 14.2 Å². The third kappa shape index (κ3) is 2.17. The topological polar surface area (TPSA) is 40.6 Å². The van der Waals surface area contributed by atoms with E-state index >= 15 is 0 Å². The van der Waals surface area contributed by atoms with Crippen LogP contribution in [0.2, 0.25) is 0 Å². The van der Waals surface area contributed by atoms with Gasteiger partial charge in [-0.05, 0) is 6.07 Å². The van der Waals surface area contributed by atoms with Gasteiger partial charge in [0.2, 0.25) is 0 Å². The molecule has 0 bridgehead atoms. The normalized spacial score (nSPS) is 10.5. The van der Waals surface area contributed by atoms with Crippen LogP contribution in [-0.2, 0) is 9.47 Å². The fraction of sp³-hybridized carbons (Fsp3) is 0.444. The summed E-state index contributed by atoms with van der Waals surface area (Å²) in [4.78, 5) is 3.81. The summed E-state index contributed by atoms with van der Waals surface area (Å²) in [7, 11) is 4.68. The molecule has 71 valence electrons. The molecule has 0 aromatic carbocycles. The van der Waals surface area contributed by atoms with Crippen molar-refractivity contribution in [2.45, 2.75) is 6.29 Å². The summed E-state index contributed by atoms with van der Waals surface area (Å²) in [6.07, 6.45) is 3.88. The van der Waals surface area contributed by atoms with E-state index < -0.39 is 6.29 Å². The maximum absolute atomic E-state index is 5.08. The van der Waals surface area contributed by atoms with E-state index in [2.05, 4.69) is 11.2 Å². The minimum Gasteiger partial charge on any atom is -0.494 e. The second-order valence-corrected chi connectivity index (χ2v) is 2.35. The van der Waals surface area contributed by atoms with Crippen LogP contribution in [0.4, 0.5) is 0 Å². The molecule has 1 radical (unpaired) electrons. The molecule has 0 unspecified atom stereocenters. The van der Waals surface area contributed by atoms with Crippen molar-refractivity contribution in [3.63, 3.8) is 0 Å². The summed E-state index contributed by atoms with van der Waals surface area (Å²) in [6.45, 7) is 0. The Kier molecular flexibility index (Phi) is 3.67. The smallest absolute Gasteiger partial charge is 0.186 e. The molecule has 1 heterocycles. The molecule has 4 nitrogen and oxygen atoms in total. The molecule has 13 heavy (non-hydrogen) atoms. The maximum Gasteiger partial charge on any atom is 0.186 e. The molecule has 0 aliphatic carbocycles. The summed E-state index contributed by atoms with van der Waals surface area (Å²) in [6, 6.07) is 1.77. The second kappa shape index (κ2) is 4.79. The van der Waals surface area contributed by atoms with Gasteiger partial charge in [-0.15, -0.1) is 0 Å². The number of pyridine rings is 1. The van der Waals surface area contributed by atoms with Crippen molar-refractivity contribution < 1.29 is 14.2 Å². The third-order valence-corrected chi connectivity index (χ3v) is 1.64. The van der Waals surface area contributed by atoms with Crippen molar-refractivity contribution >= 4 is 0 Å². The van der Waals surface area contributed by atoms with Gasteiger partial charge in [0.05, 0.1) is 12.7 Å². The zero-order valence-electron chi connectivity index (χ0n) is 7.90. The summed E-state index contributed by atoms with van der Waals surface area (Å²) >= 11 is 0. The van der Waals surface area contributed by atoms with Gasteiger partial charge in [-0.2, -0.15) is 0 Å². The van der Waals surface area contributed by atoms with Gasteiger partial charge in [0.15, 0.2) is 12.0 Å². The molecule has 1 rings (SSSR count). The van der Waals surface area contributed by atoms with E-state index in [1.54, 1.807) is 33.6 Å². The highest BCUT2D eigenvalue weighted by molar-refractivity contribution is 5.29. The first kappa shape index (κ1) is 9.95. The second-order valence-electron chi connectivity index (χ2n) is 2.35. The first-order valence-corrected chi connectivity index (χ1v) is 3.79. The molecule has 0 spiro atoms. The van der Waals surface area contributed by atoms with Crippen molar-refractivity contribution in [1.82, 2.24) is 4.98 Å². The Balaban J connectivity index is 2.96. The summed E-state index contributed by atoms with van der Waals surface area (Å²) in [5.41, 5.74) is 0.780. The number of methoxy groups -OCH3 is 3. The largest absolute Gasteiger partial charge is 0.494 e. The highest BCUT2D eigenvalue weighted by atomic mass is 16.7. The van der Waals surface area contributed by atoms with Crippen molar-refractivity contribution in [3.05, 3.63) is 24.0 Å². The van der Waals surface area contributed by atoms with E-state index in [0.29, 0.717) is 5.75 Å². The first-order chi connectivity index (χ1) is 6.33. The molecular weight excluding hydrogens is 170 g/mol. The van der Waals surface area contributed by atoms with Gasteiger partial charge in [-0.1, -0.05) is 0 Å². The molecule has 0 aliphatic heterocycles. The number of nitrogens with zero attached hydrogens (tertiary/aromatic N) is 1. The van der Waals surface area contributed by atoms with Crippen LogP contribution in [-0.4, -0.2) is 26.3 Å². The van der Waals surface area contributed by atoms with Crippen LogP contribution < -0.4 is 4.74 Å². The highest BCUT2D eigenvalue weighted by Crippen LogP contribution is 2.25. The van der Waals surface area contributed by atoms with Gasteiger partial charge in [0, 0.05) is 20.4 Å². The molecule has 0 atom stereocenters. The lowest BCUT2D eigenvalue weighted by molar-refractivity contribution is -0.107. The van der Waals surface area contributed by atoms with Gasteiger partial charge < -0.3 is 14.2 Å². The quantitative estimate of drug-likeness (QED) is 0.655. The van der Waals surface area contributed by atoms with E-state index in [9.17, 15) is 0 Å². The molecule has 0 aliphatic rings. The van der Waals surface area contributed by atoms with Crippen molar-refractivity contribution in [3.8, 4) is 5.75 Å². The molecular formula is C9H12NO3. The lowest BCUT2D eigenvalue weighted by Crippen LogP contribution is -2.05. The Hall–Kier alpha value is -1.13. The lowest BCUT2D eigenvalue weighted by atomic mass is 10.2. The fourth-order valence-corrected chi connectivity index (χ4v) is 1.05. The molecule has 0 saturated carbocycles. The molecule has 0 saturated heterocycles. The van der Waals surface area contributed by atoms with E-state index in [1.807, 2.05) is 0 Å². The number of aromatic nitrogens is 1. The van der Waals surface area contributed by atoms with Crippen molar-refractivity contribution in [2.24, 2.45) is 0 Å². The molecule has 0 amide bonds. The fourth-order valence-electron chi connectivity index (χ4n) is 1.05. The Labute approximate surface area is 77.5 Å². The lowest BCUT2D eigenvalue weighted by Gasteiger charge is -2.15. The standard InChI is InChI=1S/C9H12NO3/c1-11-8-6-10-5-4-7(8)9(12-2)13-3/h4-5,9H,1-3H3. The van der Waals surface area contributed by atoms with Crippen LogP contribution in [0.15, 0.2) is 12.3 Å². The molecule has 4 heteroatoms. The van der Waals surface area contributed by atoms with E-state index in [0.717, 1.165) is 5.56 Å². The number of hydrogen-bond donors (Lipinski definition) is 0. The van der Waals surface area contributed by atoms with Gasteiger partial charge in [-0.3, -0.25) is 4.98 Å². The van der Waals surface area contributed by atoms with E-state index in [1.165, 1.54) is 0 Å². The maximum atomic E-state index is 5.08. The minimum absolute atomic E-state index is 0.436. The van der Waals surface area contributed by atoms with Crippen LogP contribution in [0.1, 0.15) is 11.9 Å². The van der Waals surface area contributed by atoms with Gasteiger partial charge in [0.1, 0.15) is 6.20 Å². The zero-order valence-corrected chi connectivity index (χ0v) is 7.90. The average Bonchev–Trinajstić information content (AvgIpc) is 2.20. The van der Waals surface area contributed by atoms with E-state index in [-0.39, 0.29) is 0 Å². The van der Waals surface area contributed by atoms with Crippen LogP contribution in [0.25, 0.3) is 0 Å². The first-order valence-electron chi connectivity index (χ1n) is 3.79. The number of ether oxygens (including phenoxy) is 3. The van der Waals surface area contributed by atoms with Gasteiger partial charge >= 0.3 is 0 Å². The molecule has 0 N–H and O–H groups in total. The van der Waals surface area contributed by atoms with Crippen LogP contribution in [0.5, 0.6) is 5.75 Å². The minimum atomic E-state index is -0.436. The Bertz CT molecular complexity index is 261. The van der Waals surface area contributed by atoms with Gasteiger partial charge in [0.25, 0.3) is 0 Å². The number of rotatable bonds is 4. The summed E-state index contributed by atoms with van der Waals surface area (Å²) in [5, 5.41) is 0. The Morgan fingerprint density at radius 1 is 1.31 bits per heavy atom. The zero-order chi connectivity index (χ0) is 9.68. The predicted octanol–water partition coefficient (Wildman–Crippen LogP) is 1.18. The monoisotopic (exact) mass is 182 g/mol. The molecule has 0 fully saturated rings. The highest BCUT2D eigenvalue weighted by Gasteiger charge is 2.14. The number of hydrogen-bond acceptors (Lipinski definition) is 4. The average molecular weight is 182 g/mol.